The number of aryl methyl sites for hydroxylation is 2. The second kappa shape index (κ2) is 4.96. The minimum absolute atomic E-state index is 0.0683. The fraction of sp³-hybridized carbons (Fsp3) is 0.273. The van der Waals surface area contributed by atoms with E-state index in [1.807, 2.05) is 32.0 Å². The molecule has 0 radical (unpaired) electrons. The molecule has 1 aromatic heterocycles. The maximum atomic E-state index is 5.64. The minimum Gasteiger partial charge on any atom is -0.333 e. The molecule has 96 valence electrons. The van der Waals surface area contributed by atoms with Gasteiger partial charge in [-0.05, 0) is 30.1 Å². The summed E-state index contributed by atoms with van der Waals surface area (Å²) in [5, 5.41) is 6.75. The van der Waals surface area contributed by atoms with Crippen LogP contribution in [0.25, 0.3) is 0 Å². The summed E-state index contributed by atoms with van der Waals surface area (Å²) in [6.45, 7) is 3.95. The van der Waals surface area contributed by atoms with Crippen molar-refractivity contribution in [3.8, 4) is 0 Å². The lowest BCUT2D eigenvalue weighted by Gasteiger charge is -2.08. The standard InChI is InChI=1S/C11H10Cl3N3O/c1-6-4-3-5-7(2)8(6)15-10-16-9(18-17-10)11(12,13)14/h3-5H,1-2H3,(H,15,17). The van der Waals surface area contributed by atoms with Gasteiger partial charge in [-0.2, -0.15) is 4.98 Å². The van der Waals surface area contributed by atoms with Gasteiger partial charge in [0.05, 0.1) is 0 Å². The molecule has 0 aliphatic rings. The number of aromatic nitrogens is 2. The van der Waals surface area contributed by atoms with Gasteiger partial charge in [0.1, 0.15) is 0 Å². The summed E-state index contributed by atoms with van der Waals surface area (Å²) >= 11 is 16.9. The van der Waals surface area contributed by atoms with Crippen molar-refractivity contribution in [3.05, 3.63) is 35.2 Å². The van der Waals surface area contributed by atoms with E-state index in [9.17, 15) is 0 Å². The van der Waals surface area contributed by atoms with Crippen molar-refractivity contribution in [3.63, 3.8) is 0 Å². The second-order valence-electron chi connectivity index (χ2n) is 3.81. The normalized spacial score (nSPS) is 11.6. The van der Waals surface area contributed by atoms with Crippen LogP contribution in [-0.2, 0) is 3.79 Å². The highest BCUT2D eigenvalue weighted by molar-refractivity contribution is 6.66. The molecule has 0 aliphatic carbocycles. The van der Waals surface area contributed by atoms with Gasteiger partial charge in [-0.15, -0.1) is 0 Å². The van der Waals surface area contributed by atoms with Crippen molar-refractivity contribution in [2.24, 2.45) is 0 Å². The van der Waals surface area contributed by atoms with Crippen LogP contribution in [-0.4, -0.2) is 10.1 Å². The molecule has 1 aromatic carbocycles. The highest BCUT2D eigenvalue weighted by atomic mass is 35.6. The Balaban J connectivity index is 2.27. The third-order valence-corrected chi connectivity index (χ3v) is 2.87. The summed E-state index contributed by atoms with van der Waals surface area (Å²) in [7, 11) is 0. The molecule has 0 unspecified atom stereocenters. The largest absolute Gasteiger partial charge is 0.333 e. The first kappa shape index (κ1) is 13.5. The fourth-order valence-corrected chi connectivity index (χ4v) is 1.74. The van der Waals surface area contributed by atoms with E-state index < -0.39 is 3.79 Å². The van der Waals surface area contributed by atoms with Gasteiger partial charge >= 0.3 is 0 Å². The van der Waals surface area contributed by atoms with E-state index in [1.54, 1.807) is 0 Å². The zero-order chi connectivity index (χ0) is 13.3. The molecule has 0 bridgehead atoms. The van der Waals surface area contributed by atoms with Crippen molar-refractivity contribution in [1.29, 1.82) is 0 Å². The van der Waals surface area contributed by atoms with Crippen molar-refractivity contribution in [2.45, 2.75) is 17.6 Å². The predicted octanol–water partition coefficient (Wildman–Crippen LogP) is 4.26. The summed E-state index contributed by atoms with van der Waals surface area (Å²) in [6.07, 6.45) is 0. The van der Waals surface area contributed by atoms with Crippen LogP contribution < -0.4 is 5.32 Å². The monoisotopic (exact) mass is 305 g/mol. The third kappa shape index (κ3) is 2.88. The van der Waals surface area contributed by atoms with E-state index in [2.05, 4.69) is 15.5 Å². The Morgan fingerprint density at radius 3 is 2.28 bits per heavy atom. The first-order chi connectivity index (χ1) is 8.38. The summed E-state index contributed by atoms with van der Waals surface area (Å²) in [5.74, 6) is 0.190. The maximum absolute atomic E-state index is 5.64. The van der Waals surface area contributed by atoms with Gasteiger partial charge in [-0.1, -0.05) is 53.0 Å². The summed E-state index contributed by atoms with van der Waals surface area (Å²) in [5.41, 5.74) is 3.04. The molecule has 2 aromatic rings. The maximum Gasteiger partial charge on any atom is 0.280 e. The highest BCUT2D eigenvalue weighted by Crippen LogP contribution is 2.37. The van der Waals surface area contributed by atoms with E-state index in [0.717, 1.165) is 16.8 Å². The number of halogens is 3. The van der Waals surface area contributed by atoms with E-state index in [1.165, 1.54) is 0 Å². The second-order valence-corrected chi connectivity index (χ2v) is 6.09. The fourth-order valence-electron chi connectivity index (χ4n) is 1.51. The summed E-state index contributed by atoms with van der Waals surface area (Å²) < 4.78 is 3.15. The minimum atomic E-state index is -1.71. The lowest BCUT2D eigenvalue weighted by atomic mass is 10.1. The number of hydrogen-bond acceptors (Lipinski definition) is 4. The van der Waals surface area contributed by atoms with E-state index in [-0.39, 0.29) is 11.8 Å². The van der Waals surface area contributed by atoms with Crippen LogP contribution in [0.4, 0.5) is 11.6 Å². The molecule has 0 amide bonds. The van der Waals surface area contributed by atoms with E-state index in [0.29, 0.717) is 0 Å². The topological polar surface area (TPSA) is 51.0 Å². The lowest BCUT2D eigenvalue weighted by Crippen LogP contribution is -2.01. The molecule has 18 heavy (non-hydrogen) atoms. The average molecular weight is 307 g/mol. The molecule has 0 fully saturated rings. The quantitative estimate of drug-likeness (QED) is 0.842. The Morgan fingerprint density at radius 1 is 1.17 bits per heavy atom. The number of rotatable bonds is 2. The van der Waals surface area contributed by atoms with Crippen LogP contribution in [0.5, 0.6) is 0 Å². The predicted molar refractivity (Wildman–Crippen MR) is 72.7 cm³/mol. The van der Waals surface area contributed by atoms with Crippen LogP contribution in [0.3, 0.4) is 0 Å². The zero-order valence-corrected chi connectivity index (χ0v) is 11.9. The van der Waals surface area contributed by atoms with Gasteiger partial charge in [-0.25, -0.2) is 0 Å². The van der Waals surface area contributed by atoms with Crippen molar-refractivity contribution in [2.75, 3.05) is 5.32 Å². The smallest absolute Gasteiger partial charge is 0.280 e. The Labute approximate surface area is 119 Å². The van der Waals surface area contributed by atoms with Gasteiger partial charge in [-0.3, -0.25) is 0 Å². The number of para-hydroxylation sites is 1. The SMILES string of the molecule is Cc1cccc(C)c1Nc1noc(C(Cl)(Cl)Cl)n1. The molecular formula is C11H10Cl3N3O. The molecule has 2 rings (SSSR count). The number of nitrogens with zero attached hydrogens (tertiary/aromatic N) is 2. The first-order valence-electron chi connectivity index (χ1n) is 5.12. The Morgan fingerprint density at radius 2 is 1.78 bits per heavy atom. The van der Waals surface area contributed by atoms with Gasteiger partial charge in [0.25, 0.3) is 15.6 Å². The van der Waals surface area contributed by atoms with Gasteiger partial charge < -0.3 is 9.84 Å². The molecule has 7 heteroatoms. The molecule has 0 aliphatic heterocycles. The molecular weight excluding hydrogens is 296 g/mol. The summed E-state index contributed by atoms with van der Waals surface area (Å²) in [6, 6.07) is 5.93. The number of hydrogen-bond donors (Lipinski definition) is 1. The van der Waals surface area contributed by atoms with Crippen LogP contribution >= 0.6 is 34.8 Å². The molecule has 1 N–H and O–H groups in total. The van der Waals surface area contributed by atoms with Gasteiger partial charge in [0.15, 0.2) is 0 Å². The molecule has 0 saturated carbocycles. The van der Waals surface area contributed by atoms with Gasteiger partial charge in [0.2, 0.25) is 0 Å². The third-order valence-electron chi connectivity index (χ3n) is 2.39. The molecule has 0 saturated heterocycles. The Kier molecular flexibility index (Phi) is 3.71. The lowest BCUT2D eigenvalue weighted by molar-refractivity contribution is 0.383. The highest BCUT2D eigenvalue weighted by Gasteiger charge is 2.30. The molecule has 1 heterocycles. The number of anilines is 2. The van der Waals surface area contributed by atoms with Crippen LogP contribution in [0.2, 0.25) is 0 Å². The zero-order valence-electron chi connectivity index (χ0n) is 9.67. The van der Waals surface area contributed by atoms with Crippen molar-refractivity contribution >= 4 is 46.4 Å². The van der Waals surface area contributed by atoms with Crippen molar-refractivity contribution in [1.82, 2.24) is 10.1 Å². The van der Waals surface area contributed by atoms with Crippen molar-refractivity contribution < 1.29 is 4.52 Å². The van der Waals surface area contributed by atoms with E-state index in [4.69, 9.17) is 39.3 Å². The number of alkyl halides is 3. The van der Waals surface area contributed by atoms with Crippen LogP contribution in [0.15, 0.2) is 22.7 Å². The summed E-state index contributed by atoms with van der Waals surface area (Å²) in [4.78, 5) is 3.97. The Bertz CT molecular complexity index is 543. The van der Waals surface area contributed by atoms with Gasteiger partial charge in [0, 0.05) is 5.69 Å². The molecule has 4 nitrogen and oxygen atoms in total. The van der Waals surface area contributed by atoms with Crippen LogP contribution in [0, 0.1) is 13.8 Å². The number of nitrogens with one attached hydrogen (secondary N) is 1. The first-order valence-corrected chi connectivity index (χ1v) is 6.25. The molecule has 0 spiro atoms. The van der Waals surface area contributed by atoms with Crippen LogP contribution in [0.1, 0.15) is 17.0 Å². The van der Waals surface area contributed by atoms with E-state index >= 15 is 0 Å². The Hall–Kier alpha value is -0.970. The average Bonchev–Trinajstić information content (AvgIpc) is 2.72. The number of benzene rings is 1. The molecule has 0 atom stereocenters.